The second-order valence-corrected chi connectivity index (χ2v) is 4.47. The van der Waals surface area contributed by atoms with Gasteiger partial charge in [-0.05, 0) is 19.9 Å². The van der Waals surface area contributed by atoms with E-state index >= 15 is 0 Å². The number of rotatable bonds is 4. The van der Waals surface area contributed by atoms with Crippen LogP contribution in [0.5, 0.6) is 0 Å². The molecule has 1 aliphatic heterocycles. The number of hydrogen-bond acceptors (Lipinski definition) is 3. The first-order valence-electron chi connectivity index (χ1n) is 5.37. The lowest BCUT2D eigenvalue weighted by Crippen LogP contribution is -2.32. The van der Waals surface area contributed by atoms with Gasteiger partial charge in [-0.25, -0.2) is 10.4 Å². The second kappa shape index (κ2) is 5.84. The molecule has 1 fully saturated rings. The number of carbonyl (C=O) groups excluding carboxylic acids is 2. The van der Waals surface area contributed by atoms with E-state index in [1.807, 2.05) is 0 Å². The smallest absolute Gasteiger partial charge is 0.271 e. The molecule has 0 aliphatic carbocycles. The van der Waals surface area contributed by atoms with Crippen LogP contribution in [0.3, 0.4) is 0 Å². The van der Waals surface area contributed by atoms with Crippen molar-refractivity contribution in [1.82, 2.24) is 15.3 Å². The van der Waals surface area contributed by atoms with Crippen LogP contribution in [0.1, 0.15) is 13.8 Å². The first-order chi connectivity index (χ1) is 8.38. The van der Waals surface area contributed by atoms with E-state index in [1.165, 1.54) is 9.91 Å². The number of nitrogens with zero attached hydrogens (tertiary/aromatic N) is 2. The third kappa shape index (κ3) is 3.00. The van der Waals surface area contributed by atoms with E-state index < -0.39 is 0 Å². The molecule has 0 bridgehead atoms. The Kier molecular flexibility index (Phi) is 4.69. The van der Waals surface area contributed by atoms with Crippen LogP contribution in [0.15, 0.2) is 34.7 Å². The normalized spacial score (nSPS) is 19.0. The fourth-order valence-corrected chi connectivity index (χ4v) is 1.75. The van der Waals surface area contributed by atoms with Crippen molar-refractivity contribution < 1.29 is 9.59 Å². The quantitative estimate of drug-likeness (QED) is 0.476. The van der Waals surface area contributed by atoms with E-state index in [0.29, 0.717) is 35.0 Å². The molecule has 1 rings (SSSR count). The van der Waals surface area contributed by atoms with Crippen LogP contribution in [0.4, 0.5) is 0 Å². The highest BCUT2D eigenvalue weighted by Gasteiger charge is 2.29. The Labute approximate surface area is 111 Å². The highest BCUT2D eigenvalue weighted by Crippen LogP contribution is 2.19. The molecule has 6 heteroatoms. The highest BCUT2D eigenvalue weighted by atomic mass is 35.5. The number of carbonyl (C=O) groups is 2. The lowest BCUT2D eigenvalue weighted by molar-refractivity contribution is -0.124. The molecule has 1 saturated heterocycles. The minimum Gasteiger partial charge on any atom is -0.322 e. The molecule has 98 valence electrons. The maximum atomic E-state index is 12.1. The van der Waals surface area contributed by atoms with Gasteiger partial charge in [0, 0.05) is 30.0 Å². The number of allylic oxidation sites excluding steroid dienone is 4. The molecule has 5 nitrogen and oxygen atoms in total. The molecule has 1 aliphatic rings. The summed E-state index contributed by atoms with van der Waals surface area (Å²) in [6.07, 6.45) is 2.26. The monoisotopic (exact) mass is 269 g/mol. The topological polar surface area (TPSA) is 52.6 Å². The molecule has 2 amide bonds. The zero-order valence-electron chi connectivity index (χ0n) is 10.7. The summed E-state index contributed by atoms with van der Waals surface area (Å²) in [5.74, 6) is -0.187. The van der Waals surface area contributed by atoms with Crippen molar-refractivity contribution in [2.75, 3.05) is 13.6 Å². The molecular formula is C12H16ClN3O2. The molecule has 18 heavy (non-hydrogen) atoms. The molecular weight excluding hydrogens is 254 g/mol. The van der Waals surface area contributed by atoms with Gasteiger partial charge in [-0.15, -0.1) is 0 Å². The Morgan fingerprint density at radius 1 is 1.56 bits per heavy atom. The minimum absolute atomic E-state index is 0.187. The Bertz CT molecular complexity index is 454. The molecule has 1 heterocycles. The van der Waals surface area contributed by atoms with Gasteiger partial charge in [0.05, 0.1) is 5.57 Å². The molecule has 0 aromatic heterocycles. The van der Waals surface area contributed by atoms with E-state index in [-0.39, 0.29) is 5.91 Å². The summed E-state index contributed by atoms with van der Waals surface area (Å²) < 4.78 is 0. The molecule has 0 atom stereocenters. The van der Waals surface area contributed by atoms with E-state index in [0.717, 1.165) is 0 Å². The fourth-order valence-electron chi connectivity index (χ4n) is 1.59. The van der Waals surface area contributed by atoms with Gasteiger partial charge in [0.1, 0.15) is 0 Å². The number of amides is 2. The fraction of sp³-hybridized carbons (Fsp3) is 0.333. The van der Waals surface area contributed by atoms with Crippen molar-refractivity contribution in [3.05, 3.63) is 34.7 Å². The Morgan fingerprint density at radius 3 is 2.67 bits per heavy atom. The molecule has 1 N–H and O–H groups in total. The largest absolute Gasteiger partial charge is 0.322 e. The summed E-state index contributed by atoms with van der Waals surface area (Å²) in [5.41, 5.74) is 4.77. The van der Waals surface area contributed by atoms with E-state index in [1.54, 1.807) is 27.0 Å². The van der Waals surface area contributed by atoms with Crippen molar-refractivity contribution in [2.24, 2.45) is 0 Å². The van der Waals surface area contributed by atoms with Gasteiger partial charge in [-0.3, -0.25) is 9.59 Å². The van der Waals surface area contributed by atoms with Crippen LogP contribution in [-0.2, 0) is 9.59 Å². The summed E-state index contributed by atoms with van der Waals surface area (Å²) in [6.45, 7) is 7.40. The molecule has 0 unspecified atom stereocenters. The lowest BCUT2D eigenvalue weighted by Gasteiger charge is -2.16. The number of halogens is 1. The Hall–Kier alpha value is -1.59. The van der Waals surface area contributed by atoms with Crippen molar-refractivity contribution in [3.8, 4) is 0 Å². The molecule has 0 aromatic carbocycles. The summed E-state index contributed by atoms with van der Waals surface area (Å²) in [6, 6.07) is 0. The van der Waals surface area contributed by atoms with E-state index in [9.17, 15) is 9.59 Å². The van der Waals surface area contributed by atoms with Crippen LogP contribution in [0.25, 0.3) is 0 Å². The molecule has 0 saturated carbocycles. The molecule has 0 aromatic rings. The zero-order chi connectivity index (χ0) is 13.9. The van der Waals surface area contributed by atoms with Gasteiger partial charge >= 0.3 is 0 Å². The van der Waals surface area contributed by atoms with E-state index in [4.69, 9.17) is 11.6 Å². The van der Waals surface area contributed by atoms with Crippen molar-refractivity contribution in [2.45, 2.75) is 13.8 Å². The minimum atomic E-state index is -0.187. The standard InChI is InChI=1S/C12H16ClN3O2/c1-8(13)5-9(2)16-12(18)11(6-14-16)10(3)15(4)7-17/h5,7,14H,1,6H2,2-4H3. The van der Waals surface area contributed by atoms with Crippen LogP contribution in [0.2, 0.25) is 0 Å². The zero-order valence-corrected chi connectivity index (χ0v) is 11.4. The first kappa shape index (κ1) is 14.5. The van der Waals surface area contributed by atoms with Crippen molar-refractivity contribution in [1.29, 1.82) is 0 Å². The Balaban J connectivity index is 2.99. The molecule has 0 spiro atoms. The third-order valence-electron chi connectivity index (χ3n) is 2.72. The van der Waals surface area contributed by atoms with Gasteiger partial charge in [-0.1, -0.05) is 18.2 Å². The first-order valence-corrected chi connectivity index (χ1v) is 5.74. The van der Waals surface area contributed by atoms with Crippen molar-refractivity contribution >= 4 is 23.9 Å². The highest BCUT2D eigenvalue weighted by molar-refractivity contribution is 6.30. The van der Waals surface area contributed by atoms with Crippen LogP contribution < -0.4 is 5.43 Å². The maximum Gasteiger partial charge on any atom is 0.271 e. The van der Waals surface area contributed by atoms with Gasteiger partial charge in [0.15, 0.2) is 0 Å². The van der Waals surface area contributed by atoms with Crippen LogP contribution >= 0.6 is 11.6 Å². The lowest BCUT2D eigenvalue weighted by atomic mass is 10.2. The average Bonchev–Trinajstić information content (AvgIpc) is 2.68. The van der Waals surface area contributed by atoms with Crippen LogP contribution in [0, 0.1) is 0 Å². The van der Waals surface area contributed by atoms with E-state index in [2.05, 4.69) is 12.0 Å². The van der Waals surface area contributed by atoms with Gasteiger partial charge in [-0.2, -0.15) is 0 Å². The summed E-state index contributed by atoms with van der Waals surface area (Å²) in [5, 5.41) is 1.74. The summed E-state index contributed by atoms with van der Waals surface area (Å²) in [4.78, 5) is 24.2. The molecule has 0 radical (unpaired) electrons. The predicted molar refractivity (Wildman–Crippen MR) is 70.1 cm³/mol. The van der Waals surface area contributed by atoms with Gasteiger partial charge in [0.2, 0.25) is 6.41 Å². The summed E-state index contributed by atoms with van der Waals surface area (Å²) in [7, 11) is 1.61. The average molecular weight is 270 g/mol. The Morgan fingerprint density at radius 2 is 2.17 bits per heavy atom. The maximum absolute atomic E-state index is 12.1. The van der Waals surface area contributed by atoms with Gasteiger partial charge < -0.3 is 4.90 Å². The number of hydrogen-bond donors (Lipinski definition) is 1. The second-order valence-electron chi connectivity index (χ2n) is 3.99. The SMILES string of the molecule is C=C(Cl)C=C(C)N1NCC(=C(C)N(C)C=O)C1=O. The third-order valence-corrected chi connectivity index (χ3v) is 2.83. The van der Waals surface area contributed by atoms with Gasteiger partial charge in [0.25, 0.3) is 5.91 Å². The predicted octanol–water partition coefficient (Wildman–Crippen LogP) is 1.35. The summed E-state index contributed by atoms with van der Waals surface area (Å²) >= 11 is 5.67. The number of nitrogens with one attached hydrogen (secondary N) is 1. The number of hydrazine groups is 1. The van der Waals surface area contributed by atoms with Crippen LogP contribution in [-0.4, -0.2) is 35.8 Å². The van der Waals surface area contributed by atoms with Crippen molar-refractivity contribution in [3.63, 3.8) is 0 Å².